The first-order valence-electron chi connectivity index (χ1n) is 7.05. The van der Waals surface area contributed by atoms with Gasteiger partial charge in [0.15, 0.2) is 0 Å². The highest BCUT2D eigenvalue weighted by Gasteiger charge is 2.17. The first kappa shape index (κ1) is 18.2. The molecule has 0 saturated carbocycles. The second-order valence-corrected chi connectivity index (χ2v) is 5.58. The molecule has 1 aromatic heterocycles. The third-order valence-electron chi connectivity index (χ3n) is 3.87. The van der Waals surface area contributed by atoms with Gasteiger partial charge < -0.3 is 5.73 Å². The van der Waals surface area contributed by atoms with E-state index < -0.39 is 0 Å². The van der Waals surface area contributed by atoms with Crippen molar-refractivity contribution < 1.29 is 0 Å². The van der Waals surface area contributed by atoms with E-state index in [1.54, 1.807) is 0 Å². The fourth-order valence-corrected chi connectivity index (χ4v) is 3.00. The lowest BCUT2D eigenvalue weighted by molar-refractivity contribution is 0.202. The Hall–Kier alpha value is -0.870. The zero-order valence-electron chi connectivity index (χ0n) is 12.3. The lowest BCUT2D eigenvalue weighted by Gasteiger charge is -2.31. The number of aryl methyl sites for hydroxylation is 1. The van der Waals surface area contributed by atoms with Crippen LogP contribution in [0.1, 0.15) is 24.1 Å². The molecule has 0 amide bonds. The Balaban J connectivity index is 0.00000110. The Kier molecular flexibility index (Phi) is 6.88. The molecular formula is C16H23Cl2N3. The number of rotatable bonds is 2. The third-order valence-corrected chi connectivity index (χ3v) is 3.87. The van der Waals surface area contributed by atoms with E-state index >= 15 is 0 Å². The van der Waals surface area contributed by atoms with Crippen LogP contribution in [0.5, 0.6) is 0 Å². The van der Waals surface area contributed by atoms with E-state index in [1.165, 1.54) is 17.4 Å². The van der Waals surface area contributed by atoms with E-state index in [0.717, 1.165) is 37.3 Å². The number of piperidine rings is 1. The first-order valence-corrected chi connectivity index (χ1v) is 7.05. The summed E-state index contributed by atoms with van der Waals surface area (Å²) >= 11 is 0. The number of nitrogens with zero attached hydrogens (tertiary/aromatic N) is 2. The standard InChI is InChI=1S/C16H21N3.2ClH/c1-12-9-13(10-19-8-4-5-14(17)11-19)15-6-2-3-7-16(15)18-12;;/h2-3,6-7,9,14H,4-5,8,10-11,17H2,1H3;2*1H. The van der Waals surface area contributed by atoms with Crippen LogP contribution in [0.2, 0.25) is 0 Å². The van der Waals surface area contributed by atoms with Crippen LogP contribution in [-0.4, -0.2) is 29.0 Å². The van der Waals surface area contributed by atoms with Crippen molar-refractivity contribution in [2.45, 2.75) is 32.4 Å². The lowest BCUT2D eigenvalue weighted by atomic mass is 10.0. The molecule has 3 nitrogen and oxygen atoms in total. The second-order valence-electron chi connectivity index (χ2n) is 5.58. The van der Waals surface area contributed by atoms with Gasteiger partial charge in [0.05, 0.1) is 5.52 Å². The van der Waals surface area contributed by atoms with E-state index in [4.69, 9.17) is 5.73 Å². The molecule has 0 aliphatic carbocycles. The quantitative estimate of drug-likeness (QED) is 0.920. The van der Waals surface area contributed by atoms with Crippen molar-refractivity contribution in [2.75, 3.05) is 13.1 Å². The van der Waals surface area contributed by atoms with Crippen molar-refractivity contribution in [1.82, 2.24) is 9.88 Å². The molecule has 0 radical (unpaired) electrons. The average Bonchev–Trinajstić information content (AvgIpc) is 2.38. The van der Waals surface area contributed by atoms with Gasteiger partial charge in [-0.3, -0.25) is 9.88 Å². The normalized spacial score (nSPS) is 18.9. The van der Waals surface area contributed by atoms with Crippen molar-refractivity contribution in [3.05, 3.63) is 41.6 Å². The van der Waals surface area contributed by atoms with Crippen LogP contribution in [0.3, 0.4) is 0 Å². The Morgan fingerprint density at radius 3 is 2.81 bits per heavy atom. The molecule has 2 aromatic rings. The van der Waals surface area contributed by atoms with Gasteiger partial charge in [0.2, 0.25) is 0 Å². The summed E-state index contributed by atoms with van der Waals surface area (Å²) in [5, 5.41) is 1.27. The van der Waals surface area contributed by atoms with Crippen LogP contribution in [0.25, 0.3) is 10.9 Å². The summed E-state index contributed by atoms with van der Waals surface area (Å²) in [6.45, 7) is 5.22. The van der Waals surface area contributed by atoms with E-state index in [1.807, 2.05) is 0 Å². The topological polar surface area (TPSA) is 42.1 Å². The molecule has 21 heavy (non-hydrogen) atoms. The molecule has 1 fully saturated rings. The van der Waals surface area contributed by atoms with Gasteiger partial charge in [0.1, 0.15) is 0 Å². The largest absolute Gasteiger partial charge is 0.327 e. The maximum atomic E-state index is 6.07. The summed E-state index contributed by atoms with van der Waals surface area (Å²) in [5.41, 5.74) is 9.63. The molecule has 1 aliphatic rings. The summed E-state index contributed by atoms with van der Waals surface area (Å²) in [4.78, 5) is 7.07. The molecule has 2 N–H and O–H groups in total. The zero-order valence-corrected chi connectivity index (χ0v) is 13.9. The number of hydrogen-bond donors (Lipinski definition) is 1. The molecule has 0 bridgehead atoms. The number of fused-ring (bicyclic) bond motifs is 1. The summed E-state index contributed by atoms with van der Waals surface area (Å²) < 4.78 is 0. The van der Waals surface area contributed by atoms with Crippen molar-refractivity contribution in [3.63, 3.8) is 0 Å². The molecule has 3 rings (SSSR count). The van der Waals surface area contributed by atoms with Crippen molar-refractivity contribution in [3.8, 4) is 0 Å². The minimum Gasteiger partial charge on any atom is -0.327 e. The number of benzene rings is 1. The number of hydrogen-bond acceptors (Lipinski definition) is 3. The SMILES string of the molecule is Cc1cc(CN2CCCC(N)C2)c2ccccc2n1.Cl.Cl. The highest BCUT2D eigenvalue weighted by atomic mass is 35.5. The van der Waals surface area contributed by atoms with Gasteiger partial charge in [-0.15, -0.1) is 24.8 Å². The van der Waals surface area contributed by atoms with Crippen LogP contribution in [0.15, 0.2) is 30.3 Å². The van der Waals surface area contributed by atoms with Gasteiger partial charge in [-0.05, 0) is 44.0 Å². The smallest absolute Gasteiger partial charge is 0.0708 e. The Bertz CT molecular complexity index is 589. The highest BCUT2D eigenvalue weighted by molar-refractivity contribution is 5.85. The minimum atomic E-state index is 0. The number of nitrogens with two attached hydrogens (primary N) is 1. The number of aromatic nitrogens is 1. The predicted octanol–water partition coefficient (Wildman–Crippen LogP) is 3.31. The van der Waals surface area contributed by atoms with Crippen molar-refractivity contribution in [1.29, 1.82) is 0 Å². The second kappa shape index (κ2) is 7.95. The van der Waals surface area contributed by atoms with Crippen LogP contribution < -0.4 is 5.73 Å². The molecular weight excluding hydrogens is 305 g/mol. The van der Waals surface area contributed by atoms with E-state index in [9.17, 15) is 0 Å². The molecule has 1 aromatic carbocycles. The van der Waals surface area contributed by atoms with Crippen LogP contribution in [0.4, 0.5) is 0 Å². The zero-order chi connectivity index (χ0) is 13.2. The molecule has 5 heteroatoms. The van der Waals surface area contributed by atoms with Gasteiger partial charge in [0, 0.05) is 30.2 Å². The molecule has 2 heterocycles. The van der Waals surface area contributed by atoms with E-state index in [0.29, 0.717) is 6.04 Å². The molecule has 1 unspecified atom stereocenters. The summed E-state index contributed by atoms with van der Waals surface area (Å²) in [6.07, 6.45) is 2.37. The van der Waals surface area contributed by atoms with Crippen molar-refractivity contribution >= 4 is 35.7 Å². The van der Waals surface area contributed by atoms with Crippen LogP contribution in [0, 0.1) is 6.92 Å². The molecule has 1 atom stereocenters. The van der Waals surface area contributed by atoms with Crippen molar-refractivity contribution in [2.24, 2.45) is 5.73 Å². The fourth-order valence-electron chi connectivity index (χ4n) is 3.00. The molecule has 1 aliphatic heterocycles. The Labute approximate surface area is 138 Å². The predicted molar refractivity (Wildman–Crippen MR) is 93.5 cm³/mol. The van der Waals surface area contributed by atoms with Crippen LogP contribution in [-0.2, 0) is 6.54 Å². The number of halogens is 2. The lowest BCUT2D eigenvalue weighted by Crippen LogP contribution is -2.42. The van der Waals surface area contributed by atoms with Gasteiger partial charge >= 0.3 is 0 Å². The number of para-hydroxylation sites is 1. The van der Waals surface area contributed by atoms with Gasteiger partial charge in [-0.2, -0.15) is 0 Å². The fraction of sp³-hybridized carbons (Fsp3) is 0.438. The molecule has 116 valence electrons. The van der Waals surface area contributed by atoms with Gasteiger partial charge in [-0.1, -0.05) is 18.2 Å². The maximum Gasteiger partial charge on any atom is 0.0708 e. The van der Waals surface area contributed by atoms with Gasteiger partial charge in [-0.25, -0.2) is 0 Å². The Morgan fingerprint density at radius 2 is 2.05 bits per heavy atom. The summed E-state index contributed by atoms with van der Waals surface area (Å²) in [6, 6.07) is 10.9. The monoisotopic (exact) mass is 327 g/mol. The maximum absolute atomic E-state index is 6.07. The number of likely N-dealkylation sites (tertiary alicyclic amines) is 1. The number of pyridine rings is 1. The minimum absolute atomic E-state index is 0. The molecule has 1 saturated heterocycles. The average molecular weight is 328 g/mol. The van der Waals surface area contributed by atoms with Crippen LogP contribution >= 0.6 is 24.8 Å². The van der Waals surface area contributed by atoms with E-state index in [-0.39, 0.29) is 24.8 Å². The first-order chi connectivity index (χ1) is 9.22. The summed E-state index contributed by atoms with van der Waals surface area (Å²) in [7, 11) is 0. The highest BCUT2D eigenvalue weighted by Crippen LogP contribution is 2.21. The van der Waals surface area contributed by atoms with E-state index in [2.05, 4.69) is 47.1 Å². The molecule has 0 spiro atoms. The Morgan fingerprint density at radius 1 is 1.29 bits per heavy atom. The third kappa shape index (κ3) is 4.30. The van der Waals surface area contributed by atoms with Gasteiger partial charge in [0.25, 0.3) is 0 Å². The summed E-state index contributed by atoms with van der Waals surface area (Å²) in [5.74, 6) is 0.